The average Bonchev–Trinajstić information content (AvgIpc) is 2.71. The van der Waals surface area contributed by atoms with Gasteiger partial charge in [0.05, 0.1) is 0 Å². The molecule has 0 aliphatic carbocycles. The third kappa shape index (κ3) is 4.00. The van der Waals surface area contributed by atoms with Crippen molar-refractivity contribution in [1.82, 2.24) is 0 Å². The number of hydrogen-bond acceptors (Lipinski definition) is 2. The van der Waals surface area contributed by atoms with Crippen molar-refractivity contribution < 1.29 is 36.2 Å². The molecule has 0 spiro atoms. The Morgan fingerprint density at radius 3 is 1.84 bits per heavy atom. The third-order valence-electron chi connectivity index (χ3n) is 4.80. The van der Waals surface area contributed by atoms with E-state index < -0.39 is 29.4 Å². The zero-order valence-corrected chi connectivity index (χ0v) is 15.6. The fraction of sp³-hybridized carbons (Fsp3) is 0.136. The van der Waals surface area contributed by atoms with Crippen LogP contribution < -0.4 is 5.73 Å². The minimum atomic E-state index is -6.01. The van der Waals surface area contributed by atoms with E-state index in [0.29, 0.717) is 23.3 Å². The Balaban J connectivity index is 2.31. The zero-order valence-electron chi connectivity index (χ0n) is 15.6. The highest BCUT2D eigenvalue weighted by atomic mass is 19.4. The van der Waals surface area contributed by atoms with Crippen molar-refractivity contribution >= 4 is 5.91 Å². The van der Waals surface area contributed by atoms with Gasteiger partial charge < -0.3 is 10.8 Å². The molecular weight excluding hydrogens is 424 g/mol. The molecule has 3 nitrogen and oxygen atoms in total. The Labute approximate surface area is 172 Å². The number of benzene rings is 3. The summed E-state index contributed by atoms with van der Waals surface area (Å²) in [6.45, 7) is 0. The van der Waals surface area contributed by atoms with E-state index >= 15 is 0 Å². The first-order valence-corrected chi connectivity index (χ1v) is 8.82. The van der Waals surface area contributed by atoms with Gasteiger partial charge in [0.1, 0.15) is 0 Å². The predicted octanol–water partition coefficient (Wildman–Crippen LogP) is 5.43. The summed E-state index contributed by atoms with van der Waals surface area (Å²) in [6.07, 6.45) is -12.0. The summed E-state index contributed by atoms with van der Waals surface area (Å²) >= 11 is 0. The van der Waals surface area contributed by atoms with Crippen LogP contribution in [0.15, 0.2) is 72.8 Å². The number of aliphatic hydroxyl groups is 1. The maximum Gasteiger partial charge on any atom is 0.430 e. The highest BCUT2D eigenvalue weighted by Crippen LogP contribution is 2.51. The Morgan fingerprint density at radius 2 is 1.29 bits per heavy atom. The van der Waals surface area contributed by atoms with E-state index in [1.807, 2.05) is 0 Å². The topological polar surface area (TPSA) is 63.3 Å². The number of carbonyl (C=O) groups is 1. The normalized spacial score (nSPS) is 12.6. The van der Waals surface area contributed by atoms with Crippen LogP contribution in [0.3, 0.4) is 0 Å². The second-order valence-electron chi connectivity index (χ2n) is 6.78. The molecule has 9 heteroatoms. The highest BCUT2D eigenvalue weighted by Gasteiger charge is 2.71. The van der Waals surface area contributed by atoms with Crippen LogP contribution in [0.1, 0.15) is 15.9 Å². The van der Waals surface area contributed by atoms with Gasteiger partial charge in [0, 0.05) is 11.1 Å². The Morgan fingerprint density at radius 1 is 0.710 bits per heavy atom. The zero-order chi connectivity index (χ0) is 23.0. The summed E-state index contributed by atoms with van der Waals surface area (Å²) in [6, 6.07) is 15.8. The average molecular weight is 439 g/mol. The fourth-order valence-corrected chi connectivity index (χ4v) is 3.21. The quantitative estimate of drug-likeness (QED) is 0.533. The number of alkyl halides is 6. The van der Waals surface area contributed by atoms with Gasteiger partial charge >= 0.3 is 12.4 Å². The molecule has 162 valence electrons. The van der Waals surface area contributed by atoms with Crippen molar-refractivity contribution in [2.24, 2.45) is 5.73 Å². The molecule has 3 aromatic rings. The lowest BCUT2D eigenvalue weighted by Gasteiger charge is -2.33. The van der Waals surface area contributed by atoms with Crippen molar-refractivity contribution in [2.75, 3.05) is 0 Å². The van der Waals surface area contributed by atoms with Crippen LogP contribution in [-0.4, -0.2) is 23.4 Å². The fourth-order valence-electron chi connectivity index (χ4n) is 3.21. The molecule has 0 atom stereocenters. The molecule has 0 fully saturated rings. The first kappa shape index (κ1) is 22.4. The van der Waals surface area contributed by atoms with Crippen LogP contribution in [0.2, 0.25) is 0 Å². The van der Waals surface area contributed by atoms with Crippen LogP contribution in [0.25, 0.3) is 22.3 Å². The molecule has 0 aromatic heterocycles. The Hall–Kier alpha value is -3.33. The van der Waals surface area contributed by atoms with Crippen molar-refractivity contribution in [3.05, 3.63) is 83.9 Å². The minimum Gasteiger partial charge on any atom is -0.369 e. The van der Waals surface area contributed by atoms with Crippen LogP contribution in [0.4, 0.5) is 26.3 Å². The number of primary amides is 1. The van der Waals surface area contributed by atoms with E-state index in [-0.39, 0.29) is 16.7 Å². The highest BCUT2D eigenvalue weighted by molar-refractivity contribution is 5.95. The van der Waals surface area contributed by atoms with Crippen LogP contribution in [0, 0.1) is 0 Å². The number of halogens is 6. The van der Waals surface area contributed by atoms with Gasteiger partial charge in [-0.3, -0.25) is 4.79 Å². The van der Waals surface area contributed by atoms with Gasteiger partial charge in [0.15, 0.2) is 0 Å². The molecule has 31 heavy (non-hydrogen) atoms. The molecule has 0 aliphatic heterocycles. The van der Waals surface area contributed by atoms with E-state index in [9.17, 15) is 36.2 Å². The monoisotopic (exact) mass is 439 g/mol. The molecule has 0 aliphatic rings. The standard InChI is InChI=1S/C22H15F6NO2/c23-21(24,25)20(31,22(26,27)28)16-9-10-17(14-7-4-8-15(11-14)19(29)30)18(12-16)13-5-2-1-3-6-13/h1-12,31H,(H2,29,30). The number of nitrogens with two attached hydrogens (primary N) is 1. The molecule has 0 unspecified atom stereocenters. The van der Waals surface area contributed by atoms with Gasteiger partial charge in [0.2, 0.25) is 5.91 Å². The lowest BCUT2D eigenvalue weighted by atomic mass is 9.86. The van der Waals surface area contributed by atoms with E-state index in [1.165, 1.54) is 36.4 Å². The molecule has 3 aromatic carbocycles. The summed E-state index contributed by atoms with van der Waals surface area (Å²) < 4.78 is 80.2. The predicted molar refractivity (Wildman–Crippen MR) is 102 cm³/mol. The van der Waals surface area contributed by atoms with E-state index in [4.69, 9.17) is 5.73 Å². The lowest BCUT2D eigenvalue weighted by molar-refractivity contribution is -0.376. The number of hydrogen-bond donors (Lipinski definition) is 2. The molecule has 1 amide bonds. The molecule has 3 rings (SSSR count). The van der Waals surface area contributed by atoms with Crippen LogP contribution in [-0.2, 0) is 5.60 Å². The van der Waals surface area contributed by atoms with E-state index in [1.54, 1.807) is 18.2 Å². The van der Waals surface area contributed by atoms with Crippen molar-refractivity contribution in [3.63, 3.8) is 0 Å². The number of carbonyl (C=O) groups excluding carboxylic acids is 1. The first-order valence-electron chi connectivity index (χ1n) is 8.82. The van der Waals surface area contributed by atoms with Gasteiger partial charge in [-0.1, -0.05) is 54.6 Å². The maximum absolute atomic E-state index is 13.4. The van der Waals surface area contributed by atoms with Crippen molar-refractivity contribution in [2.45, 2.75) is 18.0 Å². The molecular formula is C22H15F6NO2. The Bertz CT molecular complexity index is 1090. The van der Waals surface area contributed by atoms with Gasteiger partial charge in [-0.2, -0.15) is 26.3 Å². The summed E-state index contributed by atoms with van der Waals surface area (Å²) in [7, 11) is 0. The minimum absolute atomic E-state index is 0.00615. The number of amides is 1. The maximum atomic E-state index is 13.4. The van der Waals surface area contributed by atoms with Gasteiger partial charge in [-0.05, 0) is 40.5 Å². The summed E-state index contributed by atoms with van der Waals surface area (Å²) in [5, 5.41) is 9.79. The van der Waals surface area contributed by atoms with Crippen molar-refractivity contribution in [3.8, 4) is 22.3 Å². The summed E-state index contributed by atoms with van der Waals surface area (Å²) in [5.74, 6) is -0.747. The summed E-state index contributed by atoms with van der Waals surface area (Å²) in [5.41, 5.74) is -0.127. The summed E-state index contributed by atoms with van der Waals surface area (Å²) in [4.78, 5) is 11.5. The van der Waals surface area contributed by atoms with Gasteiger partial charge in [-0.15, -0.1) is 0 Å². The van der Waals surface area contributed by atoms with Crippen LogP contribution in [0.5, 0.6) is 0 Å². The van der Waals surface area contributed by atoms with Gasteiger partial charge in [0.25, 0.3) is 5.60 Å². The third-order valence-corrected chi connectivity index (χ3v) is 4.80. The molecule has 3 N–H and O–H groups in total. The van der Waals surface area contributed by atoms with Crippen molar-refractivity contribution in [1.29, 1.82) is 0 Å². The largest absolute Gasteiger partial charge is 0.430 e. The lowest BCUT2D eigenvalue weighted by Crippen LogP contribution is -2.53. The van der Waals surface area contributed by atoms with E-state index in [0.717, 1.165) is 6.07 Å². The molecule has 0 saturated heterocycles. The smallest absolute Gasteiger partial charge is 0.369 e. The second kappa shape index (κ2) is 7.73. The molecule has 0 saturated carbocycles. The molecule has 0 heterocycles. The van der Waals surface area contributed by atoms with E-state index in [2.05, 4.69) is 0 Å². The Kier molecular flexibility index (Phi) is 5.58. The first-order chi connectivity index (χ1) is 14.4. The molecule has 0 bridgehead atoms. The van der Waals surface area contributed by atoms with Crippen LogP contribution >= 0.6 is 0 Å². The SMILES string of the molecule is NC(=O)c1cccc(-c2ccc(C(O)(C(F)(F)F)C(F)(F)F)cc2-c2ccccc2)c1. The second-order valence-corrected chi connectivity index (χ2v) is 6.78. The van der Waals surface area contributed by atoms with Gasteiger partial charge in [-0.25, -0.2) is 0 Å². The number of rotatable bonds is 4. The molecule has 0 radical (unpaired) electrons.